The Hall–Kier alpha value is -1.15. The molecule has 4 nitrogen and oxygen atoms in total. The molecule has 0 heterocycles. The summed E-state index contributed by atoms with van der Waals surface area (Å²) in [6.45, 7) is 2.08. The number of Topliss-reactive ketones (excluding diaryl/α,β-unsaturated/α-hetero) is 1. The van der Waals surface area contributed by atoms with Gasteiger partial charge in [-0.2, -0.15) is 0 Å². The lowest BCUT2D eigenvalue weighted by atomic mass is 9.46. The van der Waals surface area contributed by atoms with Gasteiger partial charge < -0.3 is 15.3 Å². The second kappa shape index (κ2) is 5.42. The van der Waals surface area contributed by atoms with Crippen molar-refractivity contribution in [2.45, 2.75) is 63.6 Å². The highest BCUT2D eigenvalue weighted by atomic mass is 16.3. The molecule has 0 aromatic rings. The van der Waals surface area contributed by atoms with Gasteiger partial charge in [-0.15, -0.1) is 6.42 Å². The third-order valence-electron chi connectivity index (χ3n) is 8.32. The van der Waals surface area contributed by atoms with Crippen molar-refractivity contribution < 1.29 is 20.1 Å². The van der Waals surface area contributed by atoms with Crippen LogP contribution in [0.5, 0.6) is 0 Å². The molecule has 0 aromatic carbocycles. The number of aliphatic hydroxyl groups excluding tert-OH is 2. The van der Waals surface area contributed by atoms with E-state index in [4.69, 9.17) is 6.42 Å². The maximum absolute atomic E-state index is 12.6. The van der Waals surface area contributed by atoms with Crippen molar-refractivity contribution in [1.29, 1.82) is 0 Å². The zero-order valence-electron chi connectivity index (χ0n) is 14.9. The van der Waals surface area contributed by atoms with Gasteiger partial charge in [-0.25, -0.2) is 0 Å². The van der Waals surface area contributed by atoms with E-state index in [0.29, 0.717) is 25.2 Å². The van der Waals surface area contributed by atoms with Crippen LogP contribution in [0.25, 0.3) is 0 Å². The molecule has 4 heteroatoms. The number of fused-ring (bicyclic) bond motifs is 5. The Labute approximate surface area is 149 Å². The van der Waals surface area contributed by atoms with Crippen molar-refractivity contribution in [2.75, 3.05) is 6.61 Å². The van der Waals surface area contributed by atoms with Crippen LogP contribution in [0.3, 0.4) is 0 Å². The Morgan fingerprint density at radius 2 is 2.04 bits per heavy atom. The van der Waals surface area contributed by atoms with E-state index in [2.05, 4.69) is 12.0 Å². The van der Waals surface area contributed by atoms with Crippen LogP contribution in [0.1, 0.15) is 51.9 Å². The van der Waals surface area contributed by atoms with E-state index < -0.39 is 11.0 Å². The topological polar surface area (TPSA) is 77.8 Å². The normalized spacial score (nSPS) is 51.8. The molecule has 3 unspecified atom stereocenters. The molecule has 0 amide bonds. The number of allylic oxidation sites excluding steroid dienone is 1. The Kier molecular flexibility index (Phi) is 3.75. The minimum Gasteiger partial charge on any atom is -0.395 e. The van der Waals surface area contributed by atoms with Crippen LogP contribution in [-0.2, 0) is 4.79 Å². The van der Waals surface area contributed by atoms with Crippen LogP contribution < -0.4 is 0 Å². The summed E-state index contributed by atoms with van der Waals surface area (Å²) < 4.78 is 0. The predicted molar refractivity (Wildman–Crippen MR) is 93.3 cm³/mol. The number of terminal acetylenes is 1. The largest absolute Gasteiger partial charge is 0.395 e. The lowest BCUT2D eigenvalue weighted by Crippen LogP contribution is -2.56. The molecule has 3 fully saturated rings. The summed E-state index contributed by atoms with van der Waals surface area (Å²) in [5.74, 6) is 2.83. The number of carbonyl (C=O) groups is 1. The molecule has 0 saturated heterocycles. The summed E-state index contributed by atoms with van der Waals surface area (Å²) in [5, 5.41) is 31.3. The molecule has 7 atom stereocenters. The molecule has 3 saturated carbocycles. The van der Waals surface area contributed by atoms with E-state index in [1.165, 1.54) is 5.57 Å². The van der Waals surface area contributed by atoms with Gasteiger partial charge in [0.15, 0.2) is 11.4 Å². The lowest BCUT2D eigenvalue weighted by molar-refractivity contribution is -0.140. The molecular formula is C21H28O4. The third-order valence-corrected chi connectivity index (χ3v) is 8.32. The SMILES string of the molecule is C#C[C@]1(O)C(=O)CC2C3CC=C4C[C@@H](O)CC[C@]4(CO)C3CC[C@@]21C. The van der Waals surface area contributed by atoms with Crippen molar-refractivity contribution in [3.63, 3.8) is 0 Å². The summed E-state index contributed by atoms with van der Waals surface area (Å²) in [4.78, 5) is 12.6. The van der Waals surface area contributed by atoms with Crippen LogP contribution in [0.4, 0.5) is 0 Å². The minimum atomic E-state index is -1.65. The molecule has 0 aliphatic heterocycles. The molecule has 0 aromatic heterocycles. The lowest BCUT2D eigenvalue weighted by Gasteiger charge is -2.58. The summed E-state index contributed by atoms with van der Waals surface area (Å²) in [6, 6.07) is 0. The van der Waals surface area contributed by atoms with Gasteiger partial charge in [0.2, 0.25) is 0 Å². The molecule has 25 heavy (non-hydrogen) atoms. The Morgan fingerprint density at radius 3 is 2.72 bits per heavy atom. The van der Waals surface area contributed by atoms with Crippen molar-refractivity contribution in [2.24, 2.45) is 28.6 Å². The molecule has 0 spiro atoms. The summed E-state index contributed by atoms with van der Waals surface area (Å²) >= 11 is 0. The summed E-state index contributed by atoms with van der Waals surface area (Å²) in [6.07, 6.45) is 12.4. The van der Waals surface area contributed by atoms with Crippen LogP contribution in [0.15, 0.2) is 11.6 Å². The first-order valence-corrected chi connectivity index (χ1v) is 9.54. The van der Waals surface area contributed by atoms with Crippen LogP contribution >= 0.6 is 0 Å². The van der Waals surface area contributed by atoms with Crippen molar-refractivity contribution >= 4 is 5.78 Å². The summed E-state index contributed by atoms with van der Waals surface area (Å²) in [7, 11) is 0. The predicted octanol–water partition coefficient (Wildman–Crippen LogP) is 1.83. The van der Waals surface area contributed by atoms with E-state index in [9.17, 15) is 20.1 Å². The summed E-state index contributed by atoms with van der Waals surface area (Å²) in [5.41, 5.74) is -1.28. The maximum atomic E-state index is 12.6. The van der Waals surface area contributed by atoms with Gasteiger partial charge in [0.1, 0.15) is 0 Å². The van der Waals surface area contributed by atoms with Crippen LogP contribution in [0, 0.1) is 40.9 Å². The van der Waals surface area contributed by atoms with Gasteiger partial charge in [-0.05, 0) is 56.3 Å². The van der Waals surface area contributed by atoms with E-state index in [0.717, 1.165) is 25.7 Å². The van der Waals surface area contributed by atoms with Crippen LogP contribution in [-0.4, -0.2) is 39.4 Å². The van der Waals surface area contributed by atoms with Gasteiger partial charge in [-0.1, -0.05) is 24.5 Å². The first-order chi connectivity index (χ1) is 11.8. The highest BCUT2D eigenvalue weighted by molar-refractivity contribution is 5.94. The number of hydrogen-bond acceptors (Lipinski definition) is 4. The van der Waals surface area contributed by atoms with Gasteiger partial charge in [-0.3, -0.25) is 4.79 Å². The Morgan fingerprint density at radius 1 is 1.28 bits per heavy atom. The van der Waals surface area contributed by atoms with Crippen molar-refractivity contribution in [1.82, 2.24) is 0 Å². The first-order valence-electron chi connectivity index (χ1n) is 9.54. The van der Waals surface area contributed by atoms with Gasteiger partial charge >= 0.3 is 0 Å². The quantitative estimate of drug-likeness (QED) is 0.501. The number of ketones is 1. The Bertz CT molecular complexity index is 676. The second-order valence-corrected chi connectivity index (χ2v) is 8.99. The number of hydrogen-bond donors (Lipinski definition) is 3. The average Bonchev–Trinajstić information content (AvgIpc) is 2.82. The molecule has 0 bridgehead atoms. The molecule has 136 valence electrons. The monoisotopic (exact) mass is 344 g/mol. The third kappa shape index (κ3) is 1.98. The fourth-order valence-corrected chi connectivity index (χ4v) is 6.79. The molecule has 0 radical (unpaired) electrons. The average molecular weight is 344 g/mol. The second-order valence-electron chi connectivity index (χ2n) is 8.99. The highest BCUT2D eigenvalue weighted by Gasteiger charge is 2.67. The number of rotatable bonds is 1. The fraction of sp³-hybridized carbons (Fsp3) is 0.762. The molecule has 4 aliphatic carbocycles. The van der Waals surface area contributed by atoms with Crippen molar-refractivity contribution in [3.8, 4) is 12.3 Å². The van der Waals surface area contributed by atoms with Gasteiger partial charge in [0.05, 0.1) is 12.7 Å². The molecule has 4 aliphatic rings. The van der Waals surface area contributed by atoms with Crippen LogP contribution in [0.2, 0.25) is 0 Å². The molecular weight excluding hydrogens is 316 g/mol. The van der Waals surface area contributed by atoms with E-state index in [-0.39, 0.29) is 35.7 Å². The van der Waals surface area contributed by atoms with Gasteiger partial charge in [0.25, 0.3) is 0 Å². The molecule has 4 rings (SSSR count). The zero-order valence-corrected chi connectivity index (χ0v) is 14.9. The fourth-order valence-electron chi connectivity index (χ4n) is 6.79. The highest BCUT2D eigenvalue weighted by Crippen LogP contribution is 2.66. The van der Waals surface area contributed by atoms with Crippen molar-refractivity contribution in [3.05, 3.63) is 11.6 Å². The van der Waals surface area contributed by atoms with Gasteiger partial charge in [0, 0.05) is 17.3 Å². The molecule has 3 N–H and O–H groups in total. The standard InChI is InChI=1S/C21H28O4/c1-3-21(25)18(24)11-17-15-5-4-13-10-14(23)6-9-20(13,12-22)16(15)7-8-19(17,21)2/h1,4,14-17,22-23,25H,5-12H2,2H3/t14-,15?,16?,17?,19-,20+,21-/m0/s1. The zero-order chi connectivity index (χ0) is 18.0. The first kappa shape index (κ1) is 17.3. The van der Waals surface area contributed by atoms with E-state index in [1.807, 2.05) is 6.92 Å². The smallest absolute Gasteiger partial charge is 0.189 e. The number of aliphatic hydroxyl groups is 3. The minimum absolute atomic E-state index is 0.0628. The number of carbonyl (C=O) groups excluding carboxylic acids is 1. The maximum Gasteiger partial charge on any atom is 0.189 e. The Balaban J connectivity index is 1.75. The van der Waals surface area contributed by atoms with E-state index >= 15 is 0 Å². The van der Waals surface area contributed by atoms with E-state index in [1.54, 1.807) is 0 Å².